The SMILES string of the molecule is COc1ccc(Cn2c(O)cc(=O)[nH]c2=O)cc1Cl. The molecule has 6 nitrogen and oxygen atoms in total. The van der Waals surface area contributed by atoms with Crippen LogP contribution in [0.25, 0.3) is 0 Å². The molecule has 0 saturated heterocycles. The van der Waals surface area contributed by atoms with E-state index in [1.54, 1.807) is 18.2 Å². The minimum absolute atomic E-state index is 0.0885. The van der Waals surface area contributed by atoms with Crippen LogP contribution in [0.2, 0.25) is 5.02 Å². The van der Waals surface area contributed by atoms with Crippen LogP contribution in [0.15, 0.2) is 33.9 Å². The Bertz CT molecular complexity index is 720. The summed E-state index contributed by atoms with van der Waals surface area (Å²) < 4.78 is 6.04. The van der Waals surface area contributed by atoms with Gasteiger partial charge in [-0.3, -0.25) is 14.3 Å². The van der Waals surface area contributed by atoms with Gasteiger partial charge in [0.05, 0.1) is 24.7 Å². The summed E-state index contributed by atoms with van der Waals surface area (Å²) in [6.07, 6.45) is 0. The van der Waals surface area contributed by atoms with Crippen molar-refractivity contribution in [3.05, 3.63) is 55.7 Å². The Hall–Kier alpha value is -2.21. The number of aromatic amines is 1. The number of methoxy groups -OCH3 is 1. The molecule has 100 valence electrons. The highest BCUT2D eigenvalue weighted by Crippen LogP contribution is 2.25. The van der Waals surface area contributed by atoms with Gasteiger partial charge in [-0.1, -0.05) is 17.7 Å². The normalized spacial score (nSPS) is 10.4. The van der Waals surface area contributed by atoms with Crippen molar-refractivity contribution in [2.45, 2.75) is 6.54 Å². The second-order valence-corrected chi connectivity index (χ2v) is 4.26. The number of benzene rings is 1. The van der Waals surface area contributed by atoms with Crippen molar-refractivity contribution in [3.8, 4) is 11.6 Å². The first kappa shape index (κ1) is 13.2. The van der Waals surface area contributed by atoms with Gasteiger partial charge >= 0.3 is 5.69 Å². The zero-order valence-corrected chi connectivity index (χ0v) is 10.8. The van der Waals surface area contributed by atoms with Crippen LogP contribution in [0, 0.1) is 0 Å². The molecule has 0 saturated carbocycles. The maximum atomic E-state index is 11.6. The van der Waals surface area contributed by atoms with Crippen molar-refractivity contribution >= 4 is 11.6 Å². The largest absolute Gasteiger partial charge is 0.495 e. The summed E-state index contributed by atoms with van der Waals surface area (Å²) in [6.45, 7) is 0.0885. The molecule has 0 amide bonds. The van der Waals surface area contributed by atoms with Crippen LogP contribution in [-0.4, -0.2) is 21.8 Å². The van der Waals surface area contributed by atoms with Gasteiger partial charge in [0.2, 0.25) is 5.88 Å². The topological polar surface area (TPSA) is 84.3 Å². The van der Waals surface area contributed by atoms with Gasteiger partial charge in [0, 0.05) is 0 Å². The lowest BCUT2D eigenvalue weighted by Crippen LogP contribution is -2.29. The Morgan fingerprint density at radius 2 is 2.11 bits per heavy atom. The summed E-state index contributed by atoms with van der Waals surface area (Å²) in [5.74, 6) is 0.115. The Morgan fingerprint density at radius 1 is 1.37 bits per heavy atom. The molecule has 0 spiro atoms. The Kier molecular flexibility index (Phi) is 3.62. The van der Waals surface area contributed by atoms with Gasteiger partial charge in [-0.15, -0.1) is 0 Å². The molecule has 0 aliphatic heterocycles. The molecule has 0 fully saturated rings. The van der Waals surface area contributed by atoms with Gasteiger partial charge < -0.3 is 9.84 Å². The first-order valence-electron chi connectivity index (χ1n) is 5.37. The lowest BCUT2D eigenvalue weighted by atomic mass is 10.2. The molecule has 2 N–H and O–H groups in total. The quantitative estimate of drug-likeness (QED) is 0.878. The first-order chi connectivity index (χ1) is 9.01. The van der Waals surface area contributed by atoms with Crippen molar-refractivity contribution in [1.29, 1.82) is 0 Å². The zero-order chi connectivity index (χ0) is 14.0. The Labute approximate surface area is 112 Å². The number of ether oxygens (including phenoxy) is 1. The predicted octanol–water partition coefficient (Wildman–Crippen LogP) is 0.952. The van der Waals surface area contributed by atoms with Gasteiger partial charge in [-0.05, 0) is 17.7 Å². The van der Waals surface area contributed by atoms with Crippen molar-refractivity contribution in [1.82, 2.24) is 9.55 Å². The lowest BCUT2D eigenvalue weighted by Gasteiger charge is -2.09. The minimum atomic E-state index is -0.683. The second kappa shape index (κ2) is 5.19. The highest BCUT2D eigenvalue weighted by molar-refractivity contribution is 6.32. The third-order valence-corrected chi connectivity index (χ3v) is 2.86. The van der Waals surface area contributed by atoms with Crippen molar-refractivity contribution < 1.29 is 9.84 Å². The molecule has 7 heteroatoms. The predicted molar refractivity (Wildman–Crippen MR) is 70.1 cm³/mol. The van der Waals surface area contributed by atoms with E-state index in [0.29, 0.717) is 16.3 Å². The molecule has 1 aromatic carbocycles. The maximum Gasteiger partial charge on any atom is 0.331 e. The summed E-state index contributed by atoms with van der Waals surface area (Å²) in [5.41, 5.74) is -0.640. The summed E-state index contributed by atoms with van der Waals surface area (Å²) in [7, 11) is 1.50. The van der Waals surface area contributed by atoms with Gasteiger partial charge in [-0.25, -0.2) is 4.79 Å². The third-order valence-electron chi connectivity index (χ3n) is 2.57. The smallest absolute Gasteiger partial charge is 0.331 e. The number of nitrogens with one attached hydrogen (secondary N) is 1. The fourth-order valence-electron chi connectivity index (χ4n) is 1.65. The number of aromatic nitrogens is 2. The van der Waals surface area contributed by atoms with E-state index in [-0.39, 0.29) is 6.54 Å². The molecule has 0 unspecified atom stereocenters. The number of hydrogen-bond donors (Lipinski definition) is 2. The fraction of sp³-hybridized carbons (Fsp3) is 0.167. The number of hydrogen-bond acceptors (Lipinski definition) is 4. The van der Waals surface area contributed by atoms with Crippen LogP contribution in [0.3, 0.4) is 0 Å². The summed E-state index contributed by atoms with van der Waals surface area (Å²) >= 11 is 5.97. The van der Waals surface area contributed by atoms with Crippen LogP contribution in [0.5, 0.6) is 11.6 Å². The van der Waals surface area contributed by atoms with E-state index in [4.69, 9.17) is 16.3 Å². The average molecular weight is 283 g/mol. The third kappa shape index (κ3) is 2.79. The molecule has 1 heterocycles. The number of nitrogens with zero attached hydrogens (tertiary/aromatic N) is 1. The molecule has 0 bridgehead atoms. The van der Waals surface area contributed by atoms with Crippen molar-refractivity contribution in [3.63, 3.8) is 0 Å². The highest BCUT2D eigenvalue weighted by atomic mass is 35.5. The number of rotatable bonds is 3. The van der Waals surface area contributed by atoms with E-state index < -0.39 is 17.1 Å². The minimum Gasteiger partial charge on any atom is -0.495 e. The molecule has 2 rings (SSSR count). The zero-order valence-electron chi connectivity index (χ0n) is 10.0. The molecule has 0 atom stereocenters. The molecule has 1 aromatic heterocycles. The highest BCUT2D eigenvalue weighted by Gasteiger charge is 2.07. The summed E-state index contributed by atoms with van der Waals surface area (Å²) in [6, 6.07) is 5.93. The number of halogens is 1. The molecular weight excluding hydrogens is 272 g/mol. The number of aromatic hydroxyl groups is 1. The van der Waals surface area contributed by atoms with Crippen LogP contribution in [0.1, 0.15) is 5.56 Å². The van der Waals surface area contributed by atoms with Gasteiger partial charge in [-0.2, -0.15) is 0 Å². The van der Waals surface area contributed by atoms with E-state index in [1.165, 1.54) is 7.11 Å². The molecule has 0 aliphatic carbocycles. The van der Waals surface area contributed by atoms with Gasteiger partial charge in [0.1, 0.15) is 5.75 Å². The summed E-state index contributed by atoms with van der Waals surface area (Å²) in [5, 5.41) is 9.99. The average Bonchev–Trinajstić information content (AvgIpc) is 2.34. The molecule has 0 aliphatic rings. The van der Waals surface area contributed by atoms with Crippen molar-refractivity contribution in [2.24, 2.45) is 0 Å². The van der Waals surface area contributed by atoms with E-state index >= 15 is 0 Å². The fourth-order valence-corrected chi connectivity index (χ4v) is 1.93. The van der Waals surface area contributed by atoms with Crippen LogP contribution >= 0.6 is 11.6 Å². The van der Waals surface area contributed by atoms with Gasteiger partial charge in [0.25, 0.3) is 5.56 Å². The molecule has 2 aromatic rings. The van der Waals surface area contributed by atoms with Crippen LogP contribution in [0.4, 0.5) is 0 Å². The monoisotopic (exact) mass is 282 g/mol. The standard InChI is InChI=1S/C12H11ClN2O4/c1-19-9-3-2-7(4-8(9)13)6-15-11(17)5-10(16)14-12(15)18/h2-5,17H,6H2,1H3,(H,14,16,18). The molecule has 19 heavy (non-hydrogen) atoms. The maximum absolute atomic E-state index is 11.6. The van der Waals surface area contributed by atoms with Gasteiger partial charge in [0.15, 0.2) is 0 Å². The van der Waals surface area contributed by atoms with E-state index in [9.17, 15) is 14.7 Å². The van der Waals surface area contributed by atoms with Crippen LogP contribution < -0.4 is 16.0 Å². The van der Waals surface area contributed by atoms with E-state index in [0.717, 1.165) is 10.6 Å². The van der Waals surface area contributed by atoms with E-state index in [2.05, 4.69) is 4.98 Å². The van der Waals surface area contributed by atoms with Crippen LogP contribution in [-0.2, 0) is 6.54 Å². The van der Waals surface area contributed by atoms with E-state index in [1.807, 2.05) is 0 Å². The Balaban J connectivity index is 2.39. The Morgan fingerprint density at radius 3 is 2.68 bits per heavy atom. The lowest BCUT2D eigenvalue weighted by molar-refractivity contribution is 0.408. The molecular formula is C12H11ClN2O4. The van der Waals surface area contributed by atoms with Crippen molar-refractivity contribution in [2.75, 3.05) is 7.11 Å². The second-order valence-electron chi connectivity index (χ2n) is 3.85. The molecule has 0 radical (unpaired) electrons. The summed E-state index contributed by atoms with van der Waals surface area (Å²) in [4.78, 5) is 24.6. The first-order valence-corrected chi connectivity index (χ1v) is 5.74. The number of H-pyrrole nitrogens is 1.